The molecule has 0 saturated carbocycles. The Morgan fingerprint density at radius 3 is 2.67 bits per heavy atom. The number of likely N-dealkylation sites (N-methyl/N-ethyl adjacent to an activating group) is 1. The van der Waals surface area contributed by atoms with Crippen molar-refractivity contribution in [2.75, 3.05) is 32.7 Å². The lowest BCUT2D eigenvalue weighted by Crippen LogP contribution is -2.48. The molecule has 0 radical (unpaired) electrons. The van der Waals surface area contributed by atoms with Gasteiger partial charge in [0.2, 0.25) is 5.91 Å². The van der Waals surface area contributed by atoms with Gasteiger partial charge in [-0.15, -0.1) is 0 Å². The monoisotopic (exact) mass is 248 g/mol. The Labute approximate surface area is 110 Å². The highest BCUT2D eigenvalue weighted by molar-refractivity contribution is 5.87. The molecule has 1 aliphatic heterocycles. The van der Waals surface area contributed by atoms with E-state index in [0.717, 1.165) is 45.6 Å². The van der Waals surface area contributed by atoms with E-state index in [9.17, 15) is 4.79 Å². The molecule has 0 N–H and O–H groups in total. The first-order chi connectivity index (χ1) is 8.79. The molecule has 0 aromatic heterocycles. The van der Waals surface area contributed by atoms with E-state index >= 15 is 0 Å². The third-order valence-corrected chi connectivity index (χ3v) is 3.95. The van der Waals surface area contributed by atoms with Crippen molar-refractivity contribution in [3.8, 4) is 0 Å². The maximum atomic E-state index is 12.0. The van der Waals surface area contributed by atoms with E-state index in [1.807, 2.05) is 4.90 Å². The summed E-state index contributed by atoms with van der Waals surface area (Å²) in [6, 6.07) is 0. The van der Waals surface area contributed by atoms with Gasteiger partial charge in [0.1, 0.15) is 0 Å². The van der Waals surface area contributed by atoms with Gasteiger partial charge in [0.25, 0.3) is 0 Å². The van der Waals surface area contributed by atoms with Crippen molar-refractivity contribution in [2.45, 2.75) is 26.2 Å². The normalized spacial score (nSPS) is 25.8. The zero-order chi connectivity index (χ0) is 12.8. The van der Waals surface area contributed by atoms with E-state index in [1.165, 1.54) is 6.42 Å². The van der Waals surface area contributed by atoms with E-state index in [-0.39, 0.29) is 5.91 Å². The molecule has 1 saturated heterocycles. The Hall–Kier alpha value is -1.09. The van der Waals surface area contributed by atoms with Crippen LogP contribution < -0.4 is 0 Å². The van der Waals surface area contributed by atoms with Crippen LogP contribution in [0.15, 0.2) is 24.3 Å². The lowest BCUT2D eigenvalue weighted by atomic mass is 9.94. The van der Waals surface area contributed by atoms with Crippen molar-refractivity contribution < 1.29 is 4.79 Å². The first-order valence-electron chi connectivity index (χ1n) is 7.14. The van der Waals surface area contributed by atoms with Gasteiger partial charge in [-0.25, -0.2) is 0 Å². The molecule has 3 heteroatoms. The largest absolute Gasteiger partial charge is 0.337 e. The lowest BCUT2D eigenvalue weighted by Gasteiger charge is -2.33. The first kappa shape index (κ1) is 13.3. The topological polar surface area (TPSA) is 23.6 Å². The molecule has 1 amide bonds. The van der Waals surface area contributed by atoms with Crippen LogP contribution in [0.2, 0.25) is 0 Å². The molecule has 2 aliphatic rings. The number of hydrogen-bond acceptors (Lipinski definition) is 2. The Bertz CT molecular complexity index is 327. The minimum atomic E-state index is 0.195. The average molecular weight is 248 g/mol. The zero-order valence-corrected chi connectivity index (χ0v) is 11.3. The van der Waals surface area contributed by atoms with Crippen LogP contribution in [0.5, 0.6) is 0 Å². The molecule has 1 heterocycles. The van der Waals surface area contributed by atoms with Crippen molar-refractivity contribution in [1.82, 2.24) is 9.80 Å². The van der Waals surface area contributed by atoms with Gasteiger partial charge in [-0.2, -0.15) is 0 Å². The van der Waals surface area contributed by atoms with Gasteiger partial charge in [0.05, 0.1) is 0 Å². The summed E-state index contributed by atoms with van der Waals surface area (Å²) in [7, 11) is 0. The van der Waals surface area contributed by atoms with Gasteiger partial charge in [-0.3, -0.25) is 4.79 Å². The number of rotatable bonds is 3. The van der Waals surface area contributed by atoms with Gasteiger partial charge in [-0.1, -0.05) is 25.2 Å². The maximum absolute atomic E-state index is 12.0. The van der Waals surface area contributed by atoms with E-state index in [2.05, 4.69) is 30.1 Å². The predicted molar refractivity (Wildman–Crippen MR) is 74.3 cm³/mol. The molecular weight excluding hydrogens is 224 g/mol. The van der Waals surface area contributed by atoms with E-state index in [4.69, 9.17) is 0 Å². The van der Waals surface area contributed by atoms with Crippen LogP contribution >= 0.6 is 0 Å². The van der Waals surface area contributed by atoms with Crippen molar-refractivity contribution in [3.63, 3.8) is 0 Å². The van der Waals surface area contributed by atoms with Gasteiger partial charge in [0.15, 0.2) is 0 Å². The van der Waals surface area contributed by atoms with Crippen LogP contribution in [0.25, 0.3) is 0 Å². The van der Waals surface area contributed by atoms with Gasteiger partial charge in [-0.05, 0) is 37.8 Å². The standard InChI is InChI=1S/C15H24N2O/c1-2-16-10-12-17(13-11-16)15(18)9-8-14-6-4-3-5-7-14/h3-4,8-9,14H,2,5-7,10-13H2,1H3/b9-8+. The summed E-state index contributed by atoms with van der Waals surface area (Å²) >= 11 is 0. The number of carbonyl (C=O) groups is 1. The Morgan fingerprint density at radius 2 is 2.06 bits per heavy atom. The summed E-state index contributed by atoms with van der Waals surface area (Å²) < 4.78 is 0. The number of hydrogen-bond donors (Lipinski definition) is 0. The molecule has 0 aromatic carbocycles. The molecule has 1 aliphatic carbocycles. The van der Waals surface area contributed by atoms with Gasteiger partial charge >= 0.3 is 0 Å². The Morgan fingerprint density at radius 1 is 1.28 bits per heavy atom. The molecule has 1 fully saturated rings. The van der Waals surface area contributed by atoms with Crippen LogP contribution in [0.1, 0.15) is 26.2 Å². The van der Waals surface area contributed by atoms with Crippen molar-refractivity contribution in [3.05, 3.63) is 24.3 Å². The molecular formula is C15H24N2O. The van der Waals surface area contributed by atoms with E-state index in [1.54, 1.807) is 6.08 Å². The minimum absolute atomic E-state index is 0.195. The fourth-order valence-corrected chi connectivity index (χ4v) is 2.60. The summed E-state index contributed by atoms with van der Waals surface area (Å²) in [6.45, 7) is 7.05. The van der Waals surface area contributed by atoms with Crippen LogP contribution in [0.4, 0.5) is 0 Å². The lowest BCUT2D eigenvalue weighted by molar-refractivity contribution is -0.127. The highest BCUT2D eigenvalue weighted by atomic mass is 16.2. The number of carbonyl (C=O) groups excluding carboxylic acids is 1. The smallest absolute Gasteiger partial charge is 0.246 e. The second kappa shape index (κ2) is 6.74. The zero-order valence-electron chi connectivity index (χ0n) is 11.3. The second-order valence-corrected chi connectivity index (χ2v) is 5.16. The Balaban J connectivity index is 1.77. The van der Waals surface area contributed by atoms with Crippen LogP contribution in [-0.2, 0) is 4.79 Å². The fraction of sp³-hybridized carbons (Fsp3) is 0.667. The summed E-state index contributed by atoms with van der Waals surface area (Å²) in [5.74, 6) is 0.760. The van der Waals surface area contributed by atoms with Crippen LogP contribution in [0.3, 0.4) is 0 Å². The van der Waals surface area contributed by atoms with Crippen LogP contribution in [-0.4, -0.2) is 48.4 Å². The molecule has 1 unspecified atom stereocenters. The highest BCUT2D eigenvalue weighted by Crippen LogP contribution is 2.19. The number of allylic oxidation sites excluding steroid dienone is 3. The maximum Gasteiger partial charge on any atom is 0.246 e. The summed E-state index contributed by atoms with van der Waals surface area (Å²) in [6.07, 6.45) is 11.8. The molecule has 0 spiro atoms. The molecule has 2 rings (SSSR count). The summed E-state index contributed by atoms with van der Waals surface area (Å²) in [4.78, 5) is 16.4. The highest BCUT2D eigenvalue weighted by Gasteiger charge is 2.18. The number of piperazine rings is 1. The minimum Gasteiger partial charge on any atom is -0.337 e. The van der Waals surface area contributed by atoms with Gasteiger partial charge < -0.3 is 9.80 Å². The van der Waals surface area contributed by atoms with E-state index < -0.39 is 0 Å². The Kier molecular flexibility index (Phi) is 5.00. The molecule has 3 nitrogen and oxygen atoms in total. The molecule has 0 bridgehead atoms. The molecule has 18 heavy (non-hydrogen) atoms. The molecule has 1 atom stereocenters. The first-order valence-corrected chi connectivity index (χ1v) is 7.14. The fourth-order valence-electron chi connectivity index (χ4n) is 2.60. The van der Waals surface area contributed by atoms with Crippen LogP contribution in [0, 0.1) is 5.92 Å². The van der Waals surface area contributed by atoms with Crippen molar-refractivity contribution >= 4 is 5.91 Å². The van der Waals surface area contributed by atoms with Crippen molar-refractivity contribution in [2.24, 2.45) is 5.92 Å². The van der Waals surface area contributed by atoms with Crippen molar-refractivity contribution in [1.29, 1.82) is 0 Å². The quantitative estimate of drug-likeness (QED) is 0.564. The number of amides is 1. The van der Waals surface area contributed by atoms with E-state index in [0.29, 0.717) is 5.92 Å². The summed E-state index contributed by atoms with van der Waals surface area (Å²) in [5, 5.41) is 0. The second-order valence-electron chi connectivity index (χ2n) is 5.16. The average Bonchev–Trinajstić information content (AvgIpc) is 2.46. The SMILES string of the molecule is CCN1CCN(C(=O)/C=C/C2CC=CCC2)CC1. The molecule has 0 aromatic rings. The third-order valence-electron chi connectivity index (χ3n) is 3.95. The third kappa shape index (κ3) is 3.70. The molecule has 100 valence electrons. The van der Waals surface area contributed by atoms with Gasteiger partial charge in [0, 0.05) is 26.2 Å². The summed E-state index contributed by atoms with van der Waals surface area (Å²) in [5.41, 5.74) is 0. The number of nitrogens with zero attached hydrogens (tertiary/aromatic N) is 2. The predicted octanol–water partition coefficient (Wildman–Crippen LogP) is 2.06.